The second kappa shape index (κ2) is 8.41. The number of carbonyl (C=O) groups is 1. The number of aryl methyl sites for hydroxylation is 1. The van der Waals surface area contributed by atoms with Gasteiger partial charge in [0.05, 0.1) is 19.1 Å². The monoisotopic (exact) mass is 427 g/mol. The number of likely N-dealkylation sites (tertiary alicyclic amines) is 1. The van der Waals surface area contributed by atoms with E-state index >= 15 is 0 Å². The third kappa shape index (κ3) is 3.99. The molecule has 1 saturated heterocycles. The second-order valence-electron chi connectivity index (χ2n) is 8.10. The van der Waals surface area contributed by atoms with Gasteiger partial charge in [-0.1, -0.05) is 6.07 Å². The highest BCUT2D eigenvalue weighted by Gasteiger charge is 2.37. The van der Waals surface area contributed by atoms with Gasteiger partial charge in [0.15, 0.2) is 11.5 Å². The Morgan fingerprint density at radius 1 is 1.13 bits per heavy atom. The van der Waals surface area contributed by atoms with Gasteiger partial charge in [0.1, 0.15) is 0 Å². The SMILES string of the molecule is COc1ccc(CCC(=O)N2CC3CC(C2)c2ccc([N+](=O)[O-])c(=O)n2C3)cc1OC. The van der Waals surface area contributed by atoms with E-state index in [-0.39, 0.29) is 17.7 Å². The number of rotatable bonds is 6. The van der Waals surface area contributed by atoms with Gasteiger partial charge in [-0.25, -0.2) is 0 Å². The third-order valence-corrected chi connectivity index (χ3v) is 6.21. The van der Waals surface area contributed by atoms with Crippen molar-refractivity contribution in [3.63, 3.8) is 0 Å². The van der Waals surface area contributed by atoms with Crippen LogP contribution in [0.2, 0.25) is 0 Å². The maximum Gasteiger partial charge on any atom is 0.334 e. The van der Waals surface area contributed by atoms with E-state index in [1.54, 1.807) is 20.3 Å². The highest BCUT2D eigenvalue weighted by molar-refractivity contribution is 5.76. The van der Waals surface area contributed by atoms with Crippen molar-refractivity contribution in [2.45, 2.75) is 31.7 Å². The number of hydrogen-bond acceptors (Lipinski definition) is 6. The molecule has 0 aliphatic carbocycles. The first kappa shape index (κ1) is 20.9. The van der Waals surface area contributed by atoms with Gasteiger partial charge in [-0.05, 0) is 42.5 Å². The van der Waals surface area contributed by atoms with Crippen LogP contribution >= 0.6 is 0 Å². The molecule has 0 N–H and O–H groups in total. The molecule has 2 bridgehead atoms. The summed E-state index contributed by atoms with van der Waals surface area (Å²) in [5.41, 5.74) is 0.827. The topological polar surface area (TPSA) is 104 Å². The van der Waals surface area contributed by atoms with Crippen LogP contribution in [-0.4, -0.2) is 47.6 Å². The van der Waals surface area contributed by atoms with Gasteiger partial charge in [-0.3, -0.25) is 19.7 Å². The molecule has 2 unspecified atom stereocenters. The molecule has 1 amide bonds. The second-order valence-corrected chi connectivity index (χ2v) is 8.10. The predicted molar refractivity (Wildman–Crippen MR) is 113 cm³/mol. The number of aromatic nitrogens is 1. The fourth-order valence-corrected chi connectivity index (χ4v) is 4.72. The Bertz CT molecular complexity index is 1080. The van der Waals surface area contributed by atoms with Gasteiger partial charge >= 0.3 is 11.2 Å². The first-order valence-corrected chi connectivity index (χ1v) is 10.3. The molecule has 0 saturated carbocycles. The summed E-state index contributed by atoms with van der Waals surface area (Å²) in [5.74, 6) is 1.50. The molecular weight excluding hydrogens is 402 g/mol. The molecule has 1 aromatic carbocycles. The summed E-state index contributed by atoms with van der Waals surface area (Å²) >= 11 is 0. The summed E-state index contributed by atoms with van der Waals surface area (Å²) in [6.45, 7) is 1.50. The third-order valence-electron chi connectivity index (χ3n) is 6.21. The first-order chi connectivity index (χ1) is 14.9. The van der Waals surface area contributed by atoms with Gasteiger partial charge in [0.25, 0.3) is 0 Å². The van der Waals surface area contributed by atoms with E-state index in [0.717, 1.165) is 17.7 Å². The molecule has 0 radical (unpaired) electrons. The van der Waals surface area contributed by atoms with Crippen LogP contribution < -0.4 is 15.0 Å². The molecule has 2 aromatic rings. The van der Waals surface area contributed by atoms with Crippen LogP contribution in [0, 0.1) is 16.0 Å². The highest BCUT2D eigenvalue weighted by Crippen LogP contribution is 2.36. The van der Waals surface area contributed by atoms with E-state index in [4.69, 9.17) is 9.47 Å². The minimum absolute atomic E-state index is 0.0195. The summed E-state index contributed by atoms with van der Waals surface area (Å²) in [7, 11) is 3.16. The lowest BCUT2D eigenvalue weighted by Gasteiger charge is -2.42. The summed E-state index contributed by atoms with van der Waals surface area (Å²) in [5, 5.41) is 11.1. The van der Waals surface area contributed by atoms with Crippen molar-refractivity contribution in [3.05, 3.63) is 62.1 Å². The first-order valence-electron chi connectivity index (χ1n) is 10.3. The maximum atomic E-state index is 12.9. The minimum Gasteiger partial charge on any atom is -0.493 e. The van der Waals surface area contributed by atoms with Crippen LogP contribution in [0.3, 0.4) is 0 Å². The van der Waals surface area contributed by atoms with Crippen molar-refractivity contribution in [3.8, 4) is 11.5 Å². The van der Waals surface area contributed by atoms with E-state index in [0.29, 0.717) is 44.0 Å². The van der Waals surface area contributed by atoms with Crippen molar-refractivity contribution in [2.24, 2.45) is 5.92 Å². The molecule has 9 nitrogen and oxygen atoms in total. The average molecular weight is 427 g/mol. The van der Waals surface area contributed by atoms with Crippen LogP contribution in [-0.2, 0) is 17.8 Å². The molecule has 3 heterocycles. The molecule has 1 aromatic heterocycles. The number of amides is 1. The molecule has 4 rings (SSSR count). The lowest BCUT2D eigenvalue weighted by atomic mass is 9.83. The van der Waals surface area contributed by atoms with Gasteiger partial charge in [-0.2, -0.15) is 0 Å². The zero-order valence-corrected chi connectivity index (χ0v) is 17.6. The normalized spacial score (nSPS) is 19.5. The number of hydrogen-bond donors (Lipinski definition) is 0. The summed E-state index contributed by atoms with van der Waals surface area (Å²) in [4.78, 5) is 37.7. The van der Waals surface area contributed by atoms with Gasteiger partial charge in [0.2, 0.25) is 5.91 Å². The van der Waals surface area contributed by atoms with E-state index in [9.17, 15) is 19.7 Å². The zero-order chi connectivity index (χ0) is 22.1. The number of carbonyl (C=O) groups excluding carboxylic acids is 1. The van der Waals surface area contributed by atoms with Crippen molar-refractivity contribution in [1.82, 2.24) is 9.47 Å². The van der Waals surface area contributed by atoms with Crippen LogP contribution in [0.5, 0.6) is 11.5 Å². The predicted octanol–water partition coefficient (Wildman–Crippen LogP) is 2.35. The zero-order valence-electron chi connectivity index (χ0n) is 17.6. The number of ether oxygens (including phenoxy) is 2. The average Bonchev–Trinajstić information content (AvgIpc) is 2.77. The lowest BCUT2D eigenvalue weighted by Crippen LogP contribution is -2.49. The van der Waals surface area contributed by atoms with Gasteiger partial charge in [0, 0.05) is 43.7 Å². The van der Waals surface area contributed by atoms with Crippen LogP contribution in [0.1, 0.15) is 30.0 Å². The summed E-state index contributed by atoms with van der Waals surface area (Å²) in [6.07, 6.45) is 1.85. The summed E-state index contributed by atoms with van der Waals surface area (Å²) < 4.78 is 12.1. The fourth-order valence-electron chi connectivity index (χ4n) is 4.72. The molecule has 2 aliphatic rings. The Morgan fingerprint density at radius 3 is 2.61 bits per heavy atom. The molecule has 0 spiro atoms. The minimum atomic E-state index is -0.635. The maximum absolute atomic E-state index is 12.9. The molecule has 9 heteroatoms. The lowest BCUT2D eigenvalue weighted by molar-refractivity contribution is -0.386. The number of fused-ring (bicyclic) bond motifs is 4. The largest absolute Gasteiger partial charge is 0.493 e. The number of benzene rings is 1. The fraction of sp³-hybridized carbons (Fsp3) is 0.455. The Hall–Kier alpha value is -3.36. The van der Waals surface area contributed by atoms with E-state index in [2.05, 4.69) is 0 Å². The number of pyridine rings is 1. The number of methoxy groups -OCH3 is 2. The van der Waals surface area contributed by atoms with Crippen LogP contribution in [0.4, 0.5) is 5.69 Å². The van der Waals surface area contributed by atoms with Crippen molar-refractivity contribution < 1.29 is 19.2 Å². The van der Waals surface area contributed by atoms with Crippen LogP contribution in [0.15, 0.2) is 35.1 Å². The Kier molecular flexibility index (Phi) is 5.67. The molecule has 31 heavy (non-hydrogen) atoms. The van der Waals surface area contributed by atoms with E-state index < -0.39 is 16.2 Å². The number of piperidine rings is 1. The molecule has 1 fully saturated rings. The quantitative estimate of drug-likeness (QED) is 0.518. The van der Waals surface area contributed by atoms with Gasteiger partial charge < -0.3 is 18.9 Å². The Balaban J connectivity index is 1.45. The van der Waals surface area contributed by atoms with E-state index in [1.807, 2.05) is 23.1 Å². The number of nitrogens with zero attached hydrogens (tertiary/aromatic N) is 3. The molecule has 2 aliphatic heterocycles. The molecule has 164 valence electrons. The number of nitro groups is 1. The van der Waals surface area contributed by atoms with Crippen LogP contribution in [0.25, 0.3) is 0 Å². The highest BCUT2D eigenvalue weighted by atomic mass is 16.6. The van der Waals surface area contributed by atoms with E-state index in [1.165, 1.54) is 10.6 Å². The molecular formula is C22H25N3O6. The smallest absolute Gasteiger partial charge is 0.334 e. The Morgan fingerprint density at radius 2 is 1.90 bits per heavy atom. The van der Waals surface area contributed by atoms with Gasteiger partial charge in [-0.15, -0.1) is 0 Å². The molecule has 2 atom stereocenters. The van der Waals surface area contributed by atoms with Crippen molar-refractivity contribution >= 4 is 11.6 Å². The standard InChI is InChI=1S/C22H25N3O6/c1-30-19-7-3-14(10-20(19)31-2)4-8-21(26)23-11-15-9-16(13-23)17-5-6-18(25(28)29)22(27)24(17)12-15/h3,5-7,10,15-16H,4,8-9,11-13H2,1-2H3. The Labute approximate surface area is 179 Å². The summed E-state index contributed by atoms with van der Waals surface area (Å²) in [6, 6.07) is 8.59. The van der Waals surface area contributed by atoms with Crippen molar-refractivity contribution in [2.75, 3.05) is 27.3 Å². The van der Waals surface area contributed by atoms with Crippen molar-refractivity contribution in [1.29, 1.82) is 0 Å².